The molecule has 166 valence electrons. The molecule has 0 bridgehead atoms. The number of hydrogen-bond acceptors (Lipinski definition) is 3. The molecular weight excluding hydrogens is 475 g/mol. The highest BCUT2D eigenvalue weighted by atomic mass is 35.5. The van der Waals surface area contributed by atoms with Crippen molar-refractivity contribution in [3.05, 3.63) is 107 Å². The maximum atomic E-state index is 6.48. The first kappa shape index (κ1) is 21.8. The first-order valence-electron chi connectivity index (χ1n) is 10.3. The number of halogens is 2. The maximum absolute atomic E-state index is 6.48. The van der Waals surface area contributed by atoms with Crippen molar-refractivity contribution in [3.63, 3.8) is 0 Å². The van der Waals surface area contributed by atoms with Crippen molar-refractivity contribution in [2.24, 2.45) is 0 Å². The van der Waals surface area contributed by atoms with E-state index in [1.807, 2.05) is 72.9 Å². The summed E-state index contributed by atoms with van der Waals surface area (Å²) in [5, 5.41) is 5.26. The molecule has 0 saturated carbocycles. The van der Waals surface area contributed by atoms with Gasteiger partial charge in [-0.3, -0.25) is 4.98 Å². The highest BCUT2D eigenvalue weighted by molar-refractivity contribution is 7.80. The van der Waals surface area contributed by atoms with E-state index in [9.17, 15) is 0 Å². The largest absolute Gasteiger partial charge is 0.495 e. The van der Waals surface area contributed by atoms with Gasteiger partial charge in [0.25, 0.3) is 0 Å². The Kier molecular flexibility index (Phi) is 5.98. The molecule has 2 aromatic heterocycles. The molecule has 2 atom stereocenters. The monoisotopic (exact) mass is 494 g/mol. The predicted octanol–water partition coefficient (Wildman–Crippen LogP) is 6.36. The zero-order chi connectivity index (χ0) is 22.9. The SMILES string of the molecule is COc1ccc(N2C(=S)N[C@@H](c3ccccn3)[C@H]2c2cccn2-c2cccc(Cl)c2)cc1Cl. The molecule has 3 heterocycles. The summed E-state index contributed by atoms with van der Waals surface area (Å²) in [4.78, 5) is 6.70. The molecule has 0 unspecified atom stereocenters. The smallest absolute Gasteiger partial charge is 0.174 e. The van der Waals surface area contributed by atoms with E-state index in [1.165, 1.54) is 0 Å². The van der Waals surface area contributed by atoms with Crippen LogP contribution in [0.4, 0.5) is 5.69 Å². The van der Waals surface area contributed by atoms with Crippen LogP contribution in [-0.4, -0.2) is 21.8 Å². The molecule has 0 amide bonds. The molecule has 1 saturated heterocycles. The standard InChI is InChI=1S/C25H20Cl2N4OS/c1-32-22-11-10-18(15-19(22)27)31-24(23(29-25(31)33)20-8-2-3-12-28-20)21-9-5-13-30(21)17-7-4-6-16(26)14-17/h2-15,23-24H,1H3,(H,29,33)/t23-,24+/m0/s1. The number of hydrogen-bond donors (Lipinski definition) is 1. The number of anilines is 1. The zero-order valence-corrected chi connectivity index (χ0v) is 20.0. The van der Waals surface area contributed by atoms with Gasteiger partial charge < -0.3 is 19.5 Å². The Morgan fingerprint density at radius 3 is 2.58 bits per heavy atom. The van der Waals surface area contributed by atoms with Crippen LogP contribution < -0.4 is 15.0 Å². The van der Waals surface area contributed by atoms with E-state index in [4.69, 9.17) is 40.2 Å². The number of nitrogens with zero attached hydrogens (tertiary/aromatic N) is 3. The quantitative estimate of drug-likeness (QED) is 0.326. The van der Waals surface area contributed by atoms with Crippen LogP contribution in [0.25, 0.3) is 5.69 Å². The molecule has 1 aliphatic rings. The molecule has 4 aromatic rings. The highest BCUT2D eigenvalue weighted by Gasteiger charge is 2.42. The fourth-order valence-corrected chi connectivity index (χ4v) is 5.02. The van der Waals surface area contributed by atoms with E-state index in [1.54, 1.807) is 13.3 Å². The van der Waals surface area contributed by atoms with Crippen LogP contribution in [0.2, 0.25) is 10.0 Å². The van der Waals surface area contributed by atoms with Crippen LogP contribution in [-0.2, 0) is 0 Å². The molecular formula is C25H20Cl2N4OS. The van der Waals surface area contributed by atoms with Gasteiger partial charge >= 0.3 is 0 Å². The van der Waals surface area contributed by atoms with Gasteiger partial charge in [-0.1, -0.05) is 35.3 Å². The van der Waals surface area contributed by atoms with E-state index in [0.717, 1.165) is 22.8 Å². The average molecular weight is 495 g/mol. The molecule has 5 nitrogen and oxygen atoms in total. The van der Waals surface area contributed by atoms with E-state index >= 15 is 0 Å². The second kappa shape index (κ2) is 9.06. The lowest BCUT2D eigenvalue weighted by molar-refractivity contribution is 0.415. The number of rotatable bonds is 5. The molecule has 0 aliphatic carbocycles. The van der Waals surface area contributed by atoms with E-state index < -0.39 is 0 Å². The van der Waals surface area contributed by atoms with Crippen molar-refractivity contribution in [1.29, 1.82) is 0 Å². The maximum Gasteiger partial charge on any atom is 0.174 e. The molecule has 1 fully saturated rings. The summed E-state index contributed by atoms with van der Waals surface area (Å²) in [6.45, 7) is 0. The summed E-state index contributed by atoms with van der Waals surface area (Å²) in [5.41, 5.74) is 3.76. The third-order valence-corrected chi connectivity index (χ3v) is 6.53. The van der Waals surface area contributed by atoms with Gasteiger partial charge in [0.15, 0.2) is 5.11 Å². The first-order valence-corrected chi connectivity index (χ1v) is 11.5. The zero-order valence-electron chi connectivity index (χ0n) is 17.7. The Bertz CT molecular complexity index is 1310. The van der Waals surface area contributed by atoms with Crippen LogP contribution >= 0.6 is 35.4 Å². The lowest BCUT2D eigenvalue weighted by Gasteiger charge is -2.29. The number of pyridine rings is 1. The second-order valence-corrected chi connectivity index (χ2v) is 8.83. The van der Waals surface area contributed by atoms with Crippen LogP contribution in [0.5, 0.6) is 5.75 Å². The van der Waals surface area contributed by atoms with Gasteiger partial charge in [-0.05, 0) is 72.9 Å². The Morgan fingerprint density at radius 2 is 1.85 bits per heavy atom. The summed E-state index contributed by atoms with van der Waals surface area (Å²) in [6.07, 6.45) is 3.82. The molecule has 33 heavy (non-hydrogen) atoms. The third kappa shape index (κ3) is 4.06. The van der Waals surface area contributed by atoms with Gasteiger partial charge in [0.2, 0.25) is 0 Å². The topological polar surface area (TPSA) is 42.3 Å². The lowest BCUT2D eigenvalue weighted by atomic mass is 10.0. The Morgan fingerprint density at radius 1 is 0.970 bits per heavy atom. The highest BCUT2D eigenvalue weighted by Crippen LogP contribution is 2.43. The molecule has 0 radical (unpaired) electrons. The van der Waals surface area contributed by atoms with E-state index in [-0.39, 0.29) is 12.1 Å². The van der Waals surface area contributed by atoms with Gasteiger partial charge in [-0.25, -0.2) is 0 Å². The lowest BCUT2D eigenvalue weighted by Crippen LogP contribution is -2.30. The number of thiocarbonyl (C=S) groups is 1. The summed E-state index contributed by atoms with van der Waals surface area (Å²) in [5.74, 6) is 0.610. The minimum Gasteiger partial charge on any atom is -0.495 e. The summed E-state index contributed by atoms with van der Waals surface area (Å²) < 4.78 is 7.47. The van der Waals surface area contributed by atoms with Gasteiger partial charge in [0.1, 0.15) is 11.8 Å². The second-order valence-electron chi connectivity index (χ2n) is 7.60. The fourth-order valence-electron chi connectivity index (χ4n) is 4.23. The van der Waals surface area contributed by atoms with Gasteiger partial charge in [-0.15, -0.1) is 0 Å². The van der Waals surface area contributed by atoms with Gasteiger partial charge in [0, 0.05) is 34.5 Å². The number of methoxy groups -OCH3 is 1. The number of nitrogens with one attached hydrogen (secondary N) is 1. The number of benzene rings is 2. The van der Waals surface area contributed by atoms with Crippen molar-refractivity contribution in [1.82, 2.24) is 14.9 Å². The summed E-state index contributed by atoms with van der Waals surface area (Å²) >= 11 is 18.6. The third-order valence-electron chi connectivity index (χ3n) is 5.68. The Hall–Kier alpha value is -3.06. The van der Waals surface area contributed by atoms with Crippen molar-refractivity contribution >= 4 is 46.2 Å². The van der Waals surface area contributed by atoms with Crippen molar-refractivity contribution in [3.8, 4) is 11.4 Å². The molecule has 5 rings (SSSR count). The van der Waals surface area contributed by atoms with Crippen molar-refractivity contribution in [2.45, 2.75) is 12.1 Å². The average Bonchev–Trinajstić information content (AvgIpc) is 3.44. The first-order chi connectivity index (χ1) is 16.1. The fraction of sp³-hybridized carbons (Fsp3) is 0.120. The van der Waals surface area contributed by atoms with E-state index in [0.29, 0.717) is 20.9 Å². The molecule has 2 aromatic carbocycles. The normalized spacial score (nSPS) is 17.8. The molecule has 8 heteroatoms. The van der Waals surface area contributed by atoms with Crippen molar-refractivity contribution in [2.75, 3.05) is 12.0 Å². The minimum absolute atomic E-state index is 0.174. The van der Waals surface area contributed by atoms with Crippen LogP contribution in [0, 0.1) is 0 Å². The Balaban J connectivity index is 1.67. The number of ether oxygens (including phenoxy) is 1. The molecule has 0 spiro atoms. The van der Waals surface area contributed by atoms with Gasteiger partial charge in [0.05, 0.1) is 23.9 Å². The molecule has 1 N–H and O–H groups in total. The molecule has 1 aliphatic heterocycles. The van der Waals surface area contributed by atoms with Crippen LogP contribution in [0.1, 0.15) is 23.5 Å². The minimum atomic E-state index is -0.189. The summed E-state index contributed by atoms with van der Waals surface area (Å²) in [6, 6.07) is 23.1. The van der Waals surface area contributed by atoms with Crippen LogP contribution in [0.15, 0.2) is 85.2 Å². The Labute approximate surface area is 207 Å². The van der Waals surface area contributed by atoms with E-state index in [2.05, 4.69) is 25.8 Å². The summed E-state index contributed by atoms with van der Waals surface area (Å²) in [7, 11) is 1.60. The number of aromatic nitrogens is 2. The predicted molar refractivity (Wildman–Crippen MR) is 137 cm³/mol. The van der Waals surface area contributed by atoms with Gasteiger partial charge in [-0.2, -0.15) is 0 Å². The van der Waals surface area contributed by atoms with Crippen molar-refractivity contribution < 1.29 is 4.74 Å². The van der Waals surface area contributed by atoms with Crippen LogP contribution in [0.3, 0.4) is 0 Å².